The van der Waals surface area contributed by atoms with Crippen LogP contribution in [0.25, 0.3) is 10.8 Å². The van der Waals surface area contributed by atoms with Crippen LogP contribution in [0, 0.1) is 0 Å². The first kappa shape index (κ1) is 21.4. The maximum atomic E-state index is 12.4. The Hall–Kier alpha value is -3.26. The van der Waals surface area contributed by atoms with Crippen LogP contribution in [0.4, 0.5) is 0 Å². The summed E-state index contributed by atoms with van der Waals surface area (Å²) in [4.78, 5) is 24.4. The third-order valence-electron chi connectivity index (χ3n) is 4.19. The minimum Gasteiger partial charge on any atom is -0.493 e. The van der Waals surface area contributed by atoms with E-state index in [-0.39, 0.29) is 12.2 Å². The van der Waals surface area contributed by atoms with Crippen LogP contribution in [-0.4, -0.2) is 32.1 Å². The van der Waals surface area contributed by atoms with Gasteiger partial charge in [-0.25, -0.2) is 0 Å². The van der Waals surface area contributed by atoms with E-state index in [4.69, 9.17) is 14.2 Å². The maximum absolute atomic E-state index is 12.4. The van der Waals surface area contributed by atoms with Crippen molar-refractivity contribution in [3.05, 3.63) is 64.6 Å². The van der Waals surface area contributed by atoms with E-state index >= 15 is 0 Å². The molecule has 3 rings (SSSR count). The second kappa shape index (κ2) is 9.98. The van der Waals surface area contributed by atoms with Gasteiger partial charge in [0.05, 0.1) is 18.2 Å². The lowest BCUT2D eigenvalue weighted by Crippen LogP contribution is -2.43. The molecule has 3 aromatic carbocycles. The Morgan fingerprint density at radius 1 is 0.967 bits per heavy atom. The first-order valence-electron chi connectivity index (χ1n) is 9.23. The molecule has 7 nitrogen and oxygen atoms in total. The van der Waals surface area contributed by atoms with Gasteiger partial charge >= 0.3 is 0 Å². The van der Waals surface area contributed by atoms with E-state index in [2.05, 4.69) is 26.8 Å². The van der Waals surface area contributed by atoms with E-state index in [1.54, 1.807) is 12.1 Å². The molecule has 156 valence electrons. The number of fused-ring (bicyclic) bond motifs is 1. The number of rotatable bonds is 7. The van der Waals surface area contributed by atoms with Gasteiger partial charge in [0.1, 0.15) is 5.75 Å². The third-order valence-corrected chi connectivity index (χ3v) is 4.78. The molecule has 0 atom stereocenters. The molecule has 8 heteroatoms. The fourth-order valence-electron chi connectivity index (χ4n) is 2.78. The third kappa shape index (κ3) is 5.21. The highest BCUT2D eigenvalue weighted by Crippen LogP contribution is 2.36. The van der Waals surface area contributed by atoms with Gasteiger partial charge < -0.3 is 14.2 Å². The van der Waals surface area contributed by atoms with E-state index in [0.717, 1.165) is 10.8 Å². The van der Waals surface area contributed by atoms with E-state index in [9.17, 15) is 9.59 Å². The highest BCUT2D eigenvalue weighted by Gasteiger charge is 2.16. The molecule has 2 amide bonds. The number of hydrogen-bond donors (Lipinski definition) is 2. The van der Waals surface area contributed by atoms with Crippen molar-refractivity contribution in [3.8, 4) is 17.2 Å². The van der Waals surface area contributed by atoms with Crippen molar-refractivity contribution in [3.63, 3.8) is 0 Å². The standard InChI is InChI=1S/C22H21BrN2O5/c1-3-29-21-18(23)11-16(12-19(21)28-2)22(27)25-24-20(26)13-30-17-9-8-14-6-4-5-7-15(14)10-17/h4-12H,3,13H2,1-2H3,(H,24,26)(H,25,27). The van der Waals surface area contributed by atoms with Crippen LogP contribution < -0.4 is 25.1 Å². The molecule has 0 aliphatic rings. The fraction of sp³-hybridized carbons (Fsp3) is 0.182. The van der Waals surface area contributed by atoms with Crippen LogP contribution in [-0.2, 0) is 4.79 Å². The molecule has 0 saturated heterocycles. The number of ether oxygens (including phenoxy) is 3. The summed E-state index contributed by atoms with van der Waals surface area (Å²) in [5.74, 6) is 0.478. The smallest absolute Gasteiger partial charge is 0.276 e. The molecule has 0 spiro atoms. The predicted octanol–water partition coefficient (Wildman–Crippen LogP) is 3.85. The summed E-state index contributed by atoms with van der Waals surface area (Å²) in [7, 11) is 1.48. The molecule has 0 radical (unpaired) electrons. The molecule has 0 aliphatic heterocycles. The van der Waals surface area contributed by atoms with Gasteiger partial charge in [0.2, 0.25) is 0 Å². The van der Waals surface area contributed by atoms with E-state index < -0.39 is 11.8 Å². The molecule has 0 fully saturated rings. The summed E-state index contributed by atoms with van der Waals surface area (Å²) < 4.78 is 16.8. The second-order valence-corrected chi connectivity index (χ2v) is 7.08. The number of amides is 2. The number of halogens is 1. The average molecular weight is 473 g/mol. The topological polar surface area (TPSA) is 85.9 Å². The van der Waals surface area contributed by atoms with Gasteiger partial charge in [-0.3, -0.25) is 20.4 Å². The zero-order chi connectivity index (χ0) is 21.5. The summed E-state index contributed by atoms with van der Waals surface area (Å²) >= 11 is 3.36. The minimum absolute atomic E-state index is 0.241. The van der Waals surface area contributed by atoms with Crippen molar-refractivity contribution in [2.45, 2.75) is 6.92 Å². The van der Waals surface area contributed by atoms with Gasteiger partial charge in [-0.1, -0.05) is 30.3 Å². The van der Waals surface area contributed by atoms with E-state index in [0.29, 0.717) is 28.3 Å². The Balaban J connectivity index is 1.56. The van der Waals surface area contributed by atoms with E-state index in [1.807, 2.05) is 43.3 Å². The molecule has 0 aromatic heterocycles. The van der Waals surface area contributed by atoms with Crippen molar-refractivity contribution in [2.75, 3.05) is 20.3 Å². The Morgan fingerprint density at radius 2 is 1.73 bits per heavy atom. The second-order valence-electron chi connectivity index (χ2n) is 6.22. The SMILES string of the molecule is CCOc1c(Br)cc(C(=O)NNC(=O)COc2ccc3ccccc3c2)cc1OC. The Labute approximate surface area is 182 Å². The van der Waals surface area contributed by atoms with Crippen molar-refractivity contribution >= 4 is 38.5 Å². The van der Waals surface area contributed by atoms with Crippen molar-refractivity contribution in [2.24, 2.45) is 0 Å². The first-order valence-corrected chi connectivity index (χ1v) is 10.0. The molecule has 0 unspecified atom stereocenters. The van der Waals surface area contributed by atoms with Crippen LogP contribution in [0.5, 0.6) is 17.2 Å². The summed E-state index contributed by atoms with van der Waals surface area (Å²) in [5, 5.41) is 2.09. The summed E-state index contributed by atoms with van der Waals surface area (Å²) in [5.41, 5.74) is 4.98. The highest BCUT2D eigenvalue weighted by molar-refractivity contribution is 9.10. The van der Waals surface area contributed by atoms with Crippen LogP contribution >= 0.6 is 15.9 Å². The molecule has 0 aliphatic carbocycles. The van der Waals surface area contributed by atoms with Gasteiger partial charge in [0, 0.05) is 5.56 Å². The van der Waals surface area contributed by atoms with Crippen molar-refractivity contribution < 1.29 is 23.8 Å². The van der Waals surface area contributed by atoms with Gasteiger partial charge in [-0.05, 0) is 57.9 Å². The minimum atomic E-state index is -0.504. The number of methoxy groups -OCH3 is 1. The fourth-order valence-corrected chi connectivity index (χ4v) is 3.33. The largest absolute Gasteiger partial charge is 0.493 e. The van der Waals surface area contributed by atoms with Crippen LogP contribution in [0.15, 0.2) is 59.1 Å². The lowest BCUT2D eigenvalue weighted by Gasteiger charge is -2.14. The molecule has 0 bridgehead atoms. The number of hydrazine groups is 1. The Bertz CT molecular complexity index is 1070. The van der Waals surface area contributed by atoms with E-state index in [1.165, 1.54) is 13.2 Å². The van der Waals surface area contributed by atoms with Gasteiger partial charge in [0.15, 0.2) is 18.1 Å². The number of benzene rings is 3. The molecule has 3 aromatic rings. The van der Waals surface area contributed by atoms with Crippen LogP contribution in [0.3, 0.4) is 0 Å². The zero-order valence-corrected chi connectivity index (χ0v) is 18.1. The Morgan fingerprint density at radius 3 is 2.47 bits per heavy atom. The Kier molecular flexibility index (Phi) is 7.13. The maximum Gasteiger partial charge on any atom is 0.276 e. The average Bonchev–Trinajstić information content (AvgIpc) is 2.77. The van der Waals surface area contributed by atoms with Crippen LogP contribution in [0.1, 0.15) is 17.3 Å². The summed E-state index contributed by atoms with van der Waals surface area (Å²) in [6, 6.07) is 16.5. The lowest BCUT2D eigenvalue weighted by molar-refractivity contribution is -0.123. The molecule has 30 heavy (non-hydrogen) atoms. The van der Waals surface area contributed by atoms with Crippen LogP contribution in [0.2, 0.25) is 0 Å². The molecule has 0 saturated carbocycles. The molecule has 0 heterocycles. The number of carbonyl (C=O) groups excluding carboxylic acids is 2. The van der Waals surface area contributed by atoms with Crippen molar-refractivity contribution in [1.29, 1.82) is 0 Å². The van der Waals surface area contributed by atoms with Gasteiger partial charge in [-0.15, -0.1) is 0 Å². The zero-order valence-electron chi connectivity index (χ0n) is 16.5. The molecular weight excluding hydrogens is 452 g/mol. The highest BCUT2D eigenvalue weighted by atomic mass is 79.9. The van der Waals surface area contributed by atoms with Gasteiger partial charge in [0.25, 0.3) is 11.8 Å². The van der Waals surface area contributed by atoms with Crippen molar-refractivity contribution in [1.82, 2.24) is 10.9 Å². The normalized spacial score (nSPS) is 10.4. The summed E-state index contributed by atoms with van der Waals surface area (Å²) in [6.07, 6.45) is 0. The predicted molar refractivity (Wildman–Crippen MR) is 117 cm³/mol. The molecule has 2 N–H and O–H groups in total. The number of hydrogen-bond acceptors (Lipinski definition) is 5. The number of carbonyl (C=O) groups is 2. The number of nitrogens with one attached hydrogen (secondary N) is 2. The van der Waals surface area contributed by atoms with Gasteiger partial charge in [-0.2, -0.15) is 0 Å². The quantitative estimate of drug-likeness (QED) is 0.510. The first-order chi connectivity index (χ1) is 14.5. The monoisotopic (exact) mass is 472 g/mol. The lowest BCUT2D eigenvalue weighted by atomic mass is 10.1. The summed E-state index contributed by atoms with van der Waals surface area (Å²) in [6.45, 7) is 2.06. The molecular formula is C22H21BrN2O5.